The number of anilines is 1. The van der Waals surface area contributed by atoms with Crippen LogP contribution in [-0.4, -0.2) is 72.7 Å². The van der Waals surface area contributed by atoms with Crippen molar-refractivity contribution in [1.29, 1.82) is 0 Å². The first-order valence-corrected chi connectivity index (χ1v) is 16.1. The Balaban J connectivity index is 2.16. The molecule has 1 N–H and O–H groups in total. The Morgan fingerprint density at radius 3 is 2.07 bits per heavy atom. The van der Waals surface area contributed by atoms with Crippen LogP contribution in [0.3, 0.4) is 0 Å². The molecular formula is C32H40ClN3O8S. The van der Waals surface area contributed by atoms with Crippen molar-refractivity contribution in [2.45, 2.75) is 44.2 Å². The molecule has 1 unspecified atom stereocenters. The molecule has 11 nitrogen and oxygen atoms in total. The quantitative estimate of drug-likeness (QED) is 0.230. The molecule has 0 aliphatic carbocycles. The number of benzene rings is 3. The Labute approximate surface area is 270 Å². The third-order valence-electron chi connectivity index (χ3n) is 7.08. The number of nitrogens with zero attached hydrogens (tertiary/aromatic N) is 2. The predicted octanol–water partition coefficient (Wildman–Crippen LogP) is 4.90. The monoisotopic (exact) mass is 661 g/mol. The summed E-state index contributed by atoms with van der Waals surface area (Å²) in [5, 5.41) is 3.09. The highest BCUT2D eigenvalue weighted by Crippen LogP contribution is 2.37. The number of sulfonamides is 1. The fourth-order valence-electron chi connectivity index (χ4n) is 4.69. The zero-order valence-electron chi connectivity index (χ0n) is 26.3. The zero-order valence-corrected chi connectivity index (χ0v) is 27.9. The number of carbonyl (C=O) groups excluding carboxylic acids is 2. The van der Waals surface area contributed by atoms with Crippen LogP contribution in [0.2, 0.25) is 5.02 Å². The highest BCUT2D eigenvalue weighted by Gasteiger charge is 2.35. The summed E-state index contributed by atoms with van der Waals surface area (Å²) in [6.45, 7) is 3.53. The van der Waals surface area contributed by atoms with Crippen LogP contribution in [0.1, 0.15) is 32.3 Å². The molecule has 0 aliphatic rings. The summed E-state index contributed by atoms with van der Waals surface area (Å²) in [5.41, 5.74) is 0.765. The standard InChI is InChI=1S/C32H40ClN3O8S/c1-7-17-34-32(38)26(8-2)35(20-22-9-12-24(41-3)13-10-22)31(37)21-36(27-18-23(33)11-15-28(27)42-4)45(39,40)25-14-16-29(43-5)30(19-25)44-6/h9-16,18-19,26H,7-8,17,20-21H2,1-6H3,(H,34,38). The molecule has 244 valence electrons. The Hall–Kier alpha value is -4.16. The third-order valence-corrected chi connectivity index (χ3v) is 9.07. The lowest BCUT2D eigenvalue weighted by Crippen LogP contribution is -2.52. The Bertz CT molecular complexity index is 1570. The second-order valence-corrected chi connectivity index (χ2v) is 12.2. The van der Waals surface area contributed by atoms with Crippen LogP contribution in [-0.2, 0) is 26.2 Å². The minimum Gasteiger partial charge on any atom is -0.497 e. The summed E-state index contributed by atoms with van der Waals surface area (Å²) < 4.78 is 51.0. The average Bonchev–Trinajstić information content (AvgIpc) is 3.05. The van der Waals surface area contributed by atoms with E-state index in [-0.39, 0.29) is 39.6 Å². The van der Waals surface area contributed by atoms with E-state index in [0.717, 1.165) is 9.87 Å². The van der Waals surface area contributed by atoms with E-state index < -0.39 is 28.5 Å². The van der Waals surface area contributed by atoms with E-state index in [1.807, 2.05) is 6.92 Å². The summed E-state index contributed by atoms with van der Waals surface area (Å²) >= 11 is 6.32. The lowest BCUT2D eigenvalue weighted by Gasteiger charge is -2.33. The SMILES string of the molecule is CCCNC(=O)C(CC)N(Cc1ccc(OC)cc1)C(=O)CN(c1cc(Cl)ccc1OC)S(=O)(=O)c1ccc(OC)c(OC)c1. The van der Waals surface area contributed by atoms with Gasteiger partial charge in [-0.05, 0) is 60.9 Å². The molecular weight excluding hydrogens is 622 g/mol. The van der Waals surface area contributed by atoms with Gasteiger partial charge in [-0.2, -0.15) is 0 Å². The molecule has 0 fully saturated rings. The number of carbonyl (C=O) groups is 2. The number of rotatable bonds is 16. The van der Waals surface area contributed by atoms with Gasteiger partial charge in [-0.25, -0.2) is 8.42 Å². The number of halogens is 1. The number of ether oxygens (including phenoxy) is 4. The van der Waals surface area contributed by atoms with Crippen molar-refractivity contribution in [3.8, 4) is 23.0 Å². The number of hydrogen-bond donors (Lipinski definition) is 1. The molecule has 1 atom stereocenters. The van der Waals surface area contributed by atoms with Gasteiger partial charge in [0.2, 0.25) is 11.8 Å². The van der Waals surface area contributed by atoms with Crippen LogP contribution < -0.4 is 28.6 Å². The summed E-state index contributed by atoms with van der Waals surface area (Å²) in [7, 11) is 1.32. The van der Waals surface area contributed by atoms with Gasteiger partial charge in [0.05, 0.1) is 39.0 Å². The van der Waals surface area contributed by atoms with Crippen molar-refractivity contribution in [3.63, 3.8) is 0 Å². The van der Waals surface area contributed by atoms with E-state index >= 15 is 0 Å². The molecule has 2 amide bonds. The Morgan fingerprint density at radius 1 is 0.844 bits per heavy atom. The Kier molecular flexibility index (Phi) is 12.7. The molecule has 0 heterocycles. The second kappa shape index (κ2) is 16.2. The Morgan fingerprint density at radius 2 is 1.49 bits per heavy atom. The molecule has 3 rings (SSSR count). The van der Waals surface area contributed by atoms with Crippen LogP contribution in [0.5, 0.6) is 23.0 Å². The fraction of sp³-hybridized carbons (Fsp3) is 0.375. The molecule has 3 aromatic rings. The number of hydrogen-bond acceptors (Lipinski definition) is 8. The fourth-order valence-corrected chi connectivity index (χ4v) is 6.29. The molecule has 0 saturated heterocycles. The van der Waals surface area contributed by atoms with E-state index in [1.165, 1.54) is 56.6 Å². The molecule has 0 radical (unpaired) electrons. The van der Waals surface area contributed by atoms with E-state index in [0.29, 0.717) is 30.9 Å². The summed E-state index contributed by atoms with van der Waals surface area (Å²) in [5.74, 6) is 0.359. The largest absolute Gasteiger partial charge is 0.497 e. The maximum Gasteiger partial charge on any atom is 0.265 e. The topological polar surface area (TPSA) is 124 Å². The molecule has 0 bridgehead atoms. The first-order valence-electron chi connectivity index (χ1n) is 14.3. The molecule has 45 heavy (non-hydrogen) atoms. The van der Waals surface area contributed by atoms with Gasteiger partial charge in [-0.3, -0.25) is 13.9 Å². The van der Waals surface area contributed by atoms with Gasteiger partial charge in [0.15, 0.2) is 11.5 Å². The number of nitrogens with one attached hydrogen (secondary N) is 1. The van der Waals surface area contributed by atoms with E-state index in [4.69, 9.17) is 30.5 Å². The number of amides is 2. The minimum absolute atomic E-state index is 0.0395. The maximum absolute atomic E-state index is 14.3. The van der Waals surface area contributed by atoms with Crippen LogP contribution in [0.4, 0.5) is 5.69 Å². The number of methoxy groups -OCH3 is 4. The van der Waals surface area contributed by atoms with E-state index in [9.17, 15) is 18.0 Å². The lowest BCUT2D eigenvalue weighted by molar-refractivity contribution is -0.140. The van der Waals surface area contributed by atoms with Crippen LogP contribution in [0.25, 0.3) is 0 Å². The lowest BCUT2D eigenvalue weighted by atomic mass is 10.1. The van der Waals surface area contributed by atoms with Crippen molar-refractivity contribution in [2.75, 3.05) is 45.8 Å². The molecule has 13 heteroatoms. The smallest absolute Gasteiger partial charge is 0.265 e. The maximum atomic E-state index is 14.3. The van der Waals surface area contributed by atoms with Crippen molar-refractivity contribution in [1.82, 2.24) is 10.2 Å². The van der Waals surface area contributed by atoms with Crippen LogP contribution in [0, 0.1) is 0 Å². The van der Waals surface area contributed by atoms with Crippen molar-refractivity contribution < 1.29 is 37.0 Å². The van der Waals surface area contributed by atoms with E-state index in [1.54, 1.807) is 44.4 Å². The average molecular weight is 662 g/mol. The van der Waals surface area contributed by atoms with Gasteiger partial charge in [-0.15, -0.1) is 0 Å². The summed E-state index contributed by atoms with van der Waals surface area (Å²) in [6.07, 6.45) is 1.00. The minimum atomic E-state index is -4.44. The highest BCUT2D eigenvalue weighted by atomic mass is 35.5. The molecule has 3 aromatic carbocycles. The van der Waals surface area contributed by atoms with Crippen LogP contribution >= 0.6 is 11.6 Å². The zero-order chi connectivity index (χ0) is 33.1. The summed E-state index contributed by atoms with van der Waals surface area (Å²) in [6, 6.07) is 14.8. The second-order valence-electron chi connectivity index (χ2n) is 9.93. The van der Waals surface area contributed by atoms with Gasteiger partial charge in [0.25, 0.3) is 10.0 Å². The van der Waals surface area contributed by atoms with Crippen LogP contribution in [0.15, 0.2) is 65.6 Å². The first-order chi connectivity index (χ1) is 21.5. The van der Waals surface area contributed by atoms with Gasteiger partial charge >= 0.3 is 0 Å². The summed E-state index contributed by atoms with van der Waals surface area (Å²) in [4.78, 5) is 28.8. The van der Waals surface area contributed by atoms with Gasteiger partial charge in [0.1, 0.15) is 24.1 Å². The first kappa shape index (κ1) is 35.3. The third kappa shape index (κ3) is 8.52. The molecule has 0 aromatic heterocycles. The van der Waals surface area contributed by atoms with Gasteiger partial charge in [0, 0.05) is 24.2 Å². The predicted molar refractivity (Wildman–Crippen MR) is 173 cm³/mol. The van der Waals surface area contributed by atoms with Gasteiger partial charge < -0.3 is 29.2 Å². The van der Waals surface area contributed by atoms with Crippen molar-refractivity contribution in [3.05, 3.63) is 71.2 Å². The highest BCUT2D eigenvalue weighted by molar-refractivity contribution is 7.92. The molecule has 0 spiro atoms. The molecule has 0 aliphatic heterocycles. The van der Waals surface area contributed by atoms with Gasteiger partial charge in [-0.1, -0.05) is 37.6 Å². The van der Waals surface area contributed by atoms with Crippen molar-refractivity contribution >= 4 is 39.1 Å². The molecule has 0 saturated carbocycles. The van der Waals surface area contributed by atoms with Crippen molar-refractivity contribution in [2.24, 2.45) is 0 Å². The van der Waals surface area contributed by atoms with E-state index in [2.05, 4.69) is 5.32 Å². The normalized spacial score (nSPS) is 11.7.